The number of aryl methyl sites for hydroxylation is 1. The molecule has 1 heteroatoms. The lowest BCUT2D eigenvalue weighted by molar-refractivity contribution is 0.121. The fraction of sp³-hybridized carbons (Fsp3) is 0.600. The second-order valence-electron chi connectivity index (χ2n) is 5.88. The second-order valence-corrected chi connectivity index (χ2v) is 5.88. The van der Waals surface area contributed by atoms with E-state index in [0.717, 1.165) is 0 Å². The predicted octanol–water partition coefficient (Wildman–Crippen LogP) is 3.93. The standard InChI is InChI=1S/C15H23N/c1-12-8-5-6-9-13(12)14-10-7-11-16(14)15(2,3)4/h5-6,8-9,14H,7,10-11H2,1-4H3. The molecule has 88 valence electrons. The monoisotopic (exact) mass is 217 g/mol. The fourth-order valence-corrected chi connectivity index (χ4v) is 2.85. The van der Waals surface area contributed by atoms with E-state index in [4.69, 9.17) is 0 Å². The van der Waals surface area contributed by atoms with Crippen molar-refractivity contribution in [3.05, 3.63) is 35.4 Å². The molecule has 1 atom stereocenters. The predicted molar refractivity (Wildman–Crippen MR) is 69.6 cm³/mol. The van der Waals surface area contributed by atoms with Gasteiger partial charge in [-0.1, -0.05) is 24.3 Å². The van der Waals surface area contributed by atoms with E-state index < -0.39 is 0 Å². The van der Waals surface area contributed by atoms with E-state index in [1.165, 1.54) is 30.5 Å². The Bertz CT molecular complexity index is 362. The Morgan fingerprint density at radius 3 is 2.50 bits per heavy atom. The summed E-state index contributed by atoms with van der Waals surface area (Å²) in [5.74, 6) is 0. The minimum absolute atomic E-state index is 0.281. The molecular weight excluding hydrogens is 194 g/mol. The number of likely N-dealkylation sites (tertiary alicyclic amines) is 1. The smallest absolute Gasteiger partial charge is 0.0356 e. The minimum Gasteiger partial charge on any atom is -0.291 e. The quantitative estimate of drug-likeness (QED) is 0.689. The molecular formula is C15H23N. The van der Waals surface area contributed by atoms with Crippen molar-refractivity contribution in [2.45, 2.75) is 52.1 Å². The third-order valence-corrected chi connectivity index (χ3v) is 3.66. The van der Waals surface area contributed by atoms with E-state index in [-0.39, 0.29) is 5.54 Å². The molecule has 0 aliphatic carbocycles. The first kappa shape index (κ1) is 11.7. The molecule has 1 fully saturated rings. The highest BCUT2D eigenvalue weighted by atomic mass is 15.2. The summed E-state index contributed by atoms with van der Waals surface area (Å²) in [5.41, 5.74) is 3.24. The molecule has 0 spiro atoms. The minimum atomic E-state index is 0.281. The third-order valence-electron chi connectivity index (χ3n) is 3.66. The van der Waals surface area contributed by atoms with Gasteiger partial charge in [0.25, 0.3) is 0 Å². The normalized spacial score (nSPS) is 22.6. The van der Waals surface area contributed by atoms with Gasteiger partial charge in [0.05, 0.1) is 0 Å². The molecule has 1 aromatic carbocycles. The SMILES string of the molecule is Cc1ccccc1C1CCCN1C(C)(C)C. The van der Waals surface area contributed by atoms with Gasteiger partial charge in [-0.3, -0.25) is 4.90 Å². The molecule has 16 heavy (non-hydrogen) atoms. The maximum Gasteiger partial charge on any atom is 0.0356 e. The van der Waals surface area contributed by atoms with Gasteiger partial charge in [0.2, 0.25) is 0 Å². The molecule has 1 nitrogen and oxygen atoms in total. The van der Waals surface area contributed by atoms with Crippen LogP contribution in [-0.2, 0) is 0 Å². The summed E-state index contributed by atoms with van der Waals surface area (Å²) >= 11 is 0. The average molecular weight is 217 g/mol. The first-order valence-corrected chi connectivity index (χ1v) is 6.32. The topological polar surface area (TPSA) is 3.24 Å². The molecule has 0 bridgehead atoms. The Morgan fingerprint density at radius 2 is 1.88 bits per heavy atom. The molecule has 0 saturated carbocycles. The zero-order valence-electron chi connectivity index (χ0n) is 11.0. The average Bonchev–Trinajstić information content (AvgIpc) is 2.66. The highest BCUT2D eigenvalue weighted by Crippen LogP contribution is 2.38. The van der Waals surface area contributed by atoms with Crippen molar-refractivity contribution in [1.29, 1.82) is 0 Å². The highest BCUT2D eigenvalue weighted by molar-refractivity contribution is 5.29. The molecule has 0 N–H and O–H groups in total. The summed E-state index contributed by atoms with van der Waals surface area (Å²) in [4.78, 5) is 2.65. The van der Waals surface area contributed by atoms with Gasteiger partial charge in [0, 0.05) is 11.6 Å². The van der Waals surface area contributed by atoms with E-state index in [0.29, 0.717) is 6.04 Å². The van der Waals surface area contributed by atoms with Crippen molar-refractivity contribution in [3.8, 4) is 0 Å². The second kappa shape index (κ2) is 4.21. The lowest BCUT2D eigenvalue weighted by Crippen LogP contribution is -2.40. The number of nitrogens with zero attached hydrogens (tertiary/aromatic N) is 1. The molecule has 0 amide bonds. The molecule has 0 aromatic heterocycles. The Kier molecular flexibility index (Phi) is 3.07. The van der Waals surface area contributed by atoms with Gasteiger partial charge in [0.1, 0.15) is 0 Å². The van der Waals surface area contributed by atoms with Crippen LogP contribution in [0.15, 0.2) is 24.3 Å². The third kappa shape index (κ3) is 2.15. The van der Waals surface area contributed by atoms with Crippen LogP contribution in [0, 0.1) is 6.92 Å². The van der Waals surface area contributed by atoms with Crippen molar-refractivity contribution in [1.82, 2.24) is 4.90 Å². The van der Waals surface area contributed by atoms with Gasteiger partial charge in [-0.05, 0) is 58.2 Å². The maximum absolute atomic E-state index is 2.65. The number of hydrogen-bond donors (Lipinski definition) is 0. The lowest BCUT2D eigenvalue weighted by atomic mass is 9.96. The van der Waals surface area contributed by atoms with Crippen LogP contribution in [0.3, 0.4) is 0 Å². The summed E-state index contributed by atoms with van der Waals surface area (Å²) in [5, 5.41) is 0. The van der Waals surface area contributed by atoms with E-state index >= 15 is 0 Å². The summed E-state index contributed by atoms with van der Waals surface area (Å²) in [6, 6.07) is 9.45. The lowest BCUT2D eigenvalue weighted by Gasteiger charge is -2.37. The first-order valence-electron chi connectivity index (χ1n) is 6.32. The number of benzene rings is 1. The molecule has 2 rings (SSSR count). The van der Waals surface area contributed by atoms with Crippen LogP contribution in [0.2, 0.25) is 0 Å². The fourth-order valence-electron chi connectivity index (χ4n) is 2.85. The van der Waals surface area contributed by atoms with E-state index in [9.17, 15) is 0 Å². The van der Waals surface area contributed by atoms with Gasteiger partial charge in [0.15, 0.2) is 0 Å². The Hall–Kier alpha value is -0.820. The molecule has 0 radical (unpaired) electrons. The molecule has 1 aliphatic rings. The van der Waals surface area contributed by atoms with E-state index in [2.05, 4.69) is 56.9 Å². The first-order chi connectivity index (χ1) is 7.50. The molecule has 1 saturated heterocycles. The van der Waals surface area contributed by atoms with Crippen LogP contribution in [0.4, 0.5) is 0 Å². The molecule has 1 heterocycles. The van der Waals surface area contributed by atoms with Crippen molar-refractivity contribution in [2.75, 3.05) is 6.54 Å². The van der Waals surface area contributed by atoms with Gasteiger partial charge in [-0.2, -0.15) is 0 Å². The Labute approximate surface area is 99.5 Å². The van der Waals surface area contributed by atoms with Gasteiger partial charge in [-0.15, -0.1) is 0 Å². The van der Waals surface area contributed by atoms with Gasteiger partial charge >= 0.3 is 0 Å². The number of rotatable bonds is 1. The Morgan fingerprint density at radius 1 is 1.19 bits per heavy atom. The summed E-state index contributed by atoms with van der Waals surface area (Å²) in [7, 11) is 0. The van der Waals surface area contributed by atoms with Gasteiger partial charge in [-0.25, -0.2) is 0 Å². The zero-order valence-corrected chi connectivity index (χ0v) is 11.0. The van der Waals surface area contributed by atoms with Crippen LogP contribution in [0.25, 0.3) is 0 Å². The van der Waals surface area contributed by atoms with Gasteiger partial charge < -0.3 is 0 Å². The Balaban J connectivity index is 2.31. The van der Waals surface area contributed by atoms with Crippen molar-refractivity contribution in [3.63, 3.8) is 0 Å². The molecule has 1 aliphatic heterocycles. The van der Waals surface area contributed by atoms with E-state index in [1.807, 2.05) is 0 Å². The van der Waals surface area contributed by atoms with Crippen LogP contribution in [0.5, 0.6) is 0 Å². The summed E-state index contributed by atoms with van der Waals surface area (Å²) in [6.07, 6.45) is 2.64. The van der Waals surface area contributed by atoms with Crippen LogP contribution >= 0.6 is 0 Å². The van der Waals surface area contributed by atoms with Crippen molar-refractivity contribution >= 4 is 0 Å². The summed E-state index contributed by atoms with van der Waals surface area (Å²) in [6.45, 7) is 10.4. The summed E-state index contributed by atoms with van der Waals surface area (Å²) < 4.78 is 0. The highest BCUT2D eigenvalue weighted by Gasteiger charge is 2.34. The molecule has 1 unspecified atom stereocenters. The van der Waals surface area contributed by atoms with Crippen LogP contribution in [0.1, 0.15) is 50.8 Å². The molecule has 1 aromatic rings. The largest absolute Gasteiger partial charge is 0.291 e. The van der Waals surface area contributed by atoms with Crippen molar-refractivity contribution in [2.24, 2.45) is 0 Å². The maximum atomic E-state index is 2.65. The zero-order chi connectivity index (χ0) is 11.8. The van der Waals surface area contributed by atoms with E-state index in [1.54, 1.807) is 0 Å². The van der Waals surface area contributed by atoms with Crippen LogP contribution < -0.4 is 0 Å². The van der Waals surface area contributed by atoms with Crippen molar-refractivity contribution < 1.29 is 0 Å². The van der Waals surface area contributed by atoms with Crippen LogP contribution in [-0.4, -0.2) is 17.0 Å². The number of hydrogen-bond acceptors (Lipinski definition) is 1.